The Morgan fingerprint density at radius 3 is 2.50 bits per heavy atom. The SMILES string of the molecule is CC(C)NCCCNC1CCCCC1.[HH].[HH]. The third-order valence-corrected chi connectivity index (χ3v) is 2.94. The first-order valence-electron chi connectivity index (χ1n) is 6.26. The van der Waals surface area contributed by atoms with Crippen molar-refractivity contribution in [3.8, 4) is 0 Å². The van der Waals surface area contributed by atoms with Crippen LogP contribution in [0.3, 0.4) is 0 Å². The molecule has 0 amide bonds. The van der Waals surface area contributed by atoms with Gasteiger partial charge in [0.1, 0.15) is 0 Å². The van der Waals surface area contributed by atoms with E-state index in [-0.39, 0.29) is 2.85 Å². The van der Waals surface area contributed by atoms with E-state index in [1.165, 1.54) is 45.1 Å². The maximum absolute atomic E-state index is 3.66. The van der Waals surface area contributed by atoms with Crippen molar-refractivity contribution in [2.45, 2.75) is 64.5 Å². The molecule has 2 heteroatoms. The summed E-state index contributed by atoms with van der Waals surface area (Å²) in [5.74, 6) is 0. The molecule has 0 atom stereocenters. The molecular formula is C12H30N2. The first-order chi connectivity index (χ1) is 6.79. The topological polar surface area (TPSA) is 24.1 Å². The molecule has 1 aliphatic rings. The fraction of sp³-hybridized carbons (Fsp3) is 1.00. The molecular weight excluding hydrogens is 172 g/mol. The molecule has 0 aromatic rings. The predicted molar refractivity (Wildman–Crippen MR) is 66.9 cm³/mol. The second-order valence-corrected chi connectivity index (χ2v) is 4.75. The Hall–Kier alpha value is -0.0800. The minimum absolute atomic E-state index is 0. The quantitative estimate of drug-likeness (QED) is 0.647. The molecule has 1 aliphatic carbocycles. The summed E-state index contributed by atoms with van der Waals surface area (Å²) in [5, 5.41) is 7.10. The highest BCUT2D eigenvalue weighted by atomic mass is 14.9. The molecule has 0 unspecified atom stereocenters. The smallest absolute Gasteiger partial charge is 0.00670 e. The van der Waals surface area contributed by atoms with Crippen LogP contribution in [-0.4, -0.2) is 25.2 Å². The van der Waals surface area contributed by atoms with Gasteiger partial charge in [0, 0.05) is 14.9 Å². The zero-order valence-corrected chi connectivity index (χ0v) is 9.81. The molecule has 1 fully saturated rings. The number of hydrogen-bond donors (Lipinski definition) is 2. The van der Waals surface area contributed by atoms with E-state index in [0.29, 0.717) is 6.04 Å². The van der Waals surface area contributed by atoms with Crippen LogP contribution in [0.1, 0.15) is 55.2 Å². The highest BCUT2D eigenvalue weighted by Gasteiger charge is 2.11. The molecule has 0 spiro atoms. The lowest BCUT2D eigenvalue weighted by molar-refractivity contribution is 0.370. The zero-order chi connectivity index (χ0) is 10.2. The maximum Gasteiger partial charge on any atom is 0.00670 e. The molecule has 0 bridgehead atoms. The first kappa shape index (κ1) is 12.0. The maximum atomic E-state index is 3.66. The van der Waals surface area contributed by atoms with Crippen molar-refractivity contribution < 1.29 is 2.85 Å². The van der Waals surface area contributed by atoms with E-state index >= 15 is 0 Å². The van der Waals surface area contributed by atoms with Crippen LogP contribution in [0.15, 0.2) is 0 Å². The van der Waals surface area contributed by atoms with Gasteiger partial charge < -0.3 is 10.6 Å². The van der Waals surface area contributed by atoms with E-state index < -0.39 is 0 Å². The summed E-state index contributed by atoms with van der Waals surface area (Å²) < 4.78 is 0. The van der Waals surface area contributed by atoms with Crippen molar-refractivity contribution in [2.75, 3.05) is 13.1 Å². The third kappa shape index (κ3) is 5.61. The second kappa shape index (κ2) is 7.24. The van der Waals surface area contributed by atoms with Crippen LogP contribution >= 0.6 is 0 Å². The van der Waals surface area contributed by atoms with E-state index in [2.05, 4.69) is 24.5 Å². The van der Waals surface area contributed by atoms with Gasteiger partial charge in [0.15, 0.2) is 0 Å². The van der Waals surface area contributed by atoms with Gasteiger partial charge in [-0.2, -0.15) is 0 Å². The molecule has 0 heterocycles. The van der Waals surface area contributed by atoms with Crippen LogP contribution < -0.4 is 10.6 Å². The molecule has 88 valence electrons. The van der Waals surface area contributed by atoms with E-state index in [0.717, 1.165) is 12.6 Å². The van der Waals surface area contributed by atoms with Gasteiger partial charge in [0.25, 0.3) is 0 Å². The zero-order valence-electron chi connectivity index (χ0n) is 9.81. The van der Waals surface area contributed by atoms with E-state index in [1.807, 2.05) is 0 Å². The van der Waals surface area contributed by atoms with Gasteiger partial charge in [-0.15, -0.1) is 0 Å². The first-order valence-corrected chi connectivity index (χ1v) is 6.26. The van der Waals surface area contributed by atoms with Gasteiger partial charge in [-0.1, -0.05) is 33.1 Å². The Morgan fingerprint density at radius 1 is 1.14 bits per heavy atom. The summed E-state index contributed by atoms with van der Waals surface area (Å²) >= 11 is 0. The molecule has 0 aliphatic heterocycles. The molecule has 0 radical (unpaired) electrons. The highest BCUT2D eigenvalue weighted by molar-refractivity contribution is 4.71. The van der Waals surface area contributed by atoms with Crippen molar-refractivity contribution in [3.05, 3.63) is 0 Å². The van der Waals surface area contributed by atoms with Crippen molar-refractivity contribution in [3.63, 3.8) is 0 Å². The third-order valence-electron chi connectivity index (χ3n) is 2.94. The van der Waals surface area contributed by atoms with Crippen LogP contribution in [0, 0.1) is 0 Å². The molecule has 2 nitrogen and oxygen atoms in total. The number of hydrogen-bond acceptors (Lipinski definition) is 2. The normalized spacial score (nSPS) is 19.1. The van der Waals surface area contributed by atoms with Gasteiger partial charge in [0.05, 0.1) is 0 Å². The predicted octanol–water partition coefficient (Wildman–Crippen LogP) is 2.79. The standard InChI is InChI=1S/C12H26N2.2H2/c1-11(2)13-9-6-10-14-12-7-4-3-5-8-12;;/h11-14H,3-10H2,1-2H3;2*1H. The molecule has 1 saturated carbocycles. The van der Waals surface area contributed by atoms with Gasteiger partial charge in [-0.3, -0.25) is 0 Å². The van der Waals surface area contributed by atoms with Gasteiger partial charge in [0.2, 0.25) is 0 Å². The monoisotopic (exact) mass is 202 g/mol. The highest BCUT2D eigenvalue weighted by Crippen LogP contribution is 2.16. The molecule has 0 aromatic heterocycles. The summed E-state index contributed by atoms with van der Waals surface area (Å²) in [7, 11) is 0. The molecule has 0 saturated heterocycles. The fourth-order valence-electron chi connectivity index (χ4n) is 2.09. The van der Waals surface area contributed by atoms with E-state index in [1.54, 1.807) is 0 Å². The second-order valence-electron chi connectivity index (χ2n) is 4.75. The van der Waals surface area contributed by atoms with E-state index in [4.69, 9.17) is 0 Å². The fourth-order valence-corrected chi connectivity index (χ4v) is 2.09. The average Bonchev–Trinajstić information content (AvgIpc) is 2.18. The Labute approximate surface area is 91.8 Å². The van der Waals surface area contributed by atoms with E-state index in [9.17, 15) is 0 Å². The minimum Gasteiger partial charge on any atom is -0.314 e. The van der Waals surface area contributed by atoms with Crippen LogP contribution in [0.25, 0.3) is 0 Å². The van der Waals surface area contributed by atoms with Crippen LogP contribution in [0.4, 0.5) is 0 Å². The van der Waals surface area contributed by atoms with Gasteiger partial charge >= 0.3 is 0 Å². The van der Waals surface area contributed by atoms with Gasteiger partial charge in [-0.25, -0.2) is 0 Å². The number of nitrogens with one attached hydrogen (secondary N) is 2. The number of rotatable bonds is 6. The Morgan fingerprint density at radius 2 is 1.86 bits per heavy atom. The van der Waals surface area contributed by atoms with Gasteiger partial charge in [-0.05, 0) is 32.4 Å². The molecule has 0 aromatic carbocycles. The summed E-state index contributed by atoms with van der Waals surface area (Å²) in [4.78, 5) is 0. The lowest BCUT2D eigenvalue weighted by atomic mass is 9.95. The van der Waals surface area contributed by atoms with Crippen LogP contribution in [-0.2, 0) is 0 Å². The average molecular weight is 202 g/mol. The minimum atomic E-state index is 0. The summed E-state index contributed by atoms with van der Waals surface area (Å²) in [6, 6.07) is 1.45. The lowest BCUT2D eigenvalue weighted by Gasteiger charge is -2.22. The van der Waals surface area contributed by atoms with Crippen LogP contribution in [0.2, 0.25) is 0 Å². The Balaban J connectivity index is 0. The molecule has 14 heavy (non-hydrogen) atoms. The Kier molecular flexibility index (Phi) is 6.20. The summed E-state index contributed by atoms with van der Waals surface area (Å²) in [6.07, 6.45) is 8.38. The van der Waals surface area contributed by atoms with Crippen molar-refractivity contribution in [2.24, 2.45) is 0 Å². The lowest BCUT2D eigenvalue weighted by Crippen LogP contribution is -2.33. The Bertz CT molecular complexity index is 137. The van der Waals surface area contributed by atoms with Crippen molar-refractivity contribution >= 4 is 0 Å². The molecule has 1 rings (SSSR count). The van der Waals surface area contributed by atoms with Crippen LogP contribution in [0.5, 0.6) is 0 Å². The molecule has 2 N–H and O–H groups in total. The van der Waals surface area contributed by atoms with Crippen molar-refractivity contribution in [1.29, 1.82) is 0 Å². The largest absolute Gasteiger partial charge is 0.314 e. The summed E-state index contributed by atoms with van der Waals surface area (Å²) in [5.41, 5.74) is 0. The van der Waals surface area contributed by atoms with Crippen molar-refractivity contribution in [1.82, 2.24) is 10.6 Å². The summed E-state index contributed by atoms with van der Waals surface area (Å²) in [6.45, 7) is 6.74.